The number of imidazole rings is 1. The molecule has 0 aliphatic heterocycles. The topological polar surface area (TPSA) is 102 Å². The van der Waals surface area contributed by atoms with Gasteiger partial charge in [0.15, 0.2) is 0 Å². The van der Waals surface area contributed by atoms with E-state index in [1.54, 1.807) is 30.7 Å². The smallest absolute Gasteiger partial charge is 0.248 e. The SMILES string of the molecule is CC(C)(C#N)c1cnc(-c2ccc3ccccc3c2)n1-c1ccnc(S(C)(=O)=O)n1. The van der Waals surface area contributed by atoms with Gasteiger partial charge in [-0.3, -0.25) is 4.57 Å². The molecule has 8 heteroatoms. The van der Waals surface area contributed by atoms with Crippen molar-refractivity contribution < 1.29 is 8.42 Å². The highest BCUT2D eigenvalue weighted by Gasteiger charge is 2.28. The number of aromatic nitrogens is 4. The third kappa shape index (κ3) is 3.44. The molecule has 0 N–H and O–H groups in total. The van der Waals surface area contributed by atoms with Gasteiger partial charge in [0.2, 0.25) is 15.0 Å². The molecule has 0 aliphatic carbocycles. The molecule has 4 aromatic rings. The Morgan fingerprint density at radius 2 is 1.77 bits per heavy atom. The highest BCUT2D eigenvalue weighted by molar-refractivity contribution is 7.90. The van der Waals surface area contributed by atoms with Crippen LogP contribution in [0.25, 0.3) is 28.0 Å². The van der Waals surface area contributed by atoms with Gasteiger partial charge in [-0.2, -0.15) is 5.26 Å². The fourth-order valence-electron chi connectivity index (χ4n) is 3.25. The minimum Gasteiger partial charge on any atom is -0.279 e. The number of sulfone groups is 1. The van der Waals surface area contributed by atoms with E-state index in [1.165, 1.54) is 6.20 Å². The summed E-state index contributed by atoms with van der Waals surface area (Å²) in [6.45, 7) is 3.56. The largest absolute Gasteiger partial charge is 0.279 e. The molecule has 4 rings (SSSR count). The summed E-state index contributed by atoms with van der Waals surface area (Å²) < 4.78 is 25.7. The Labute approximate surface area is 174 Å². The fourth-order valence-corrected chi connectivity index (χ4v) is 3.76. The van der Waals surface area contributed by atoms with E-state index < -0.39 is 15.3 Å². The predicted octanol–water partition coefficient (Wildman–Crippen LogP) is 3.69. The number of hydrogen-bond acceptors (Lipinski definition) is 6. The van der Waals surface area contributed by atoms with E-state index in [2.05, 4.69) is 21.0 Å². The lowest BCUT2D eigenvalue weighted by Crippen LogP contribution is -2.20. The van der Waals surface area contributed by atoms with Crippen molar-refractivity contribution in [3.05, 3.63) is 66.6 Å². The molecule has 7 nitrogen and oxygen atoms in total. The first kappa shape index (κ1) is 19.7. The summed E-state index contributed by atoms with van der Waals surface area (Å²) in [7, 11) is -3.60. The van der Waals surface area contributed by atoms with E-state index in [0.717, 1.165) is 22.6 Å². The summed E-state index contributed by atoms with van der Waals surface area (Å²) in [5.41, 5.74) is 0.553. The van der Waals surface area contributed by atoms with E-state index in [-0.39, 0.29) is 5.16 Å². The average molecular weight is 417 g/mol. The van der Waals surface area contributed by atoms with Crippen LogP contribution in [0.1, 0.15) is 19.5 Å². The van der Waals surface area contributed by atoms with Gasteiger partial charge in [0, 0.05) is 18.0 Å². The first-order valence-corrected chi connectivity index (χ1v) is 11.1. The van der Waals surface area contributed by atoms with Crippen LogP contribution in [0.4, 0.5) is 0 Å². The van der Waals surface area contributed by atoms with E-state index >= 15 is 0 Å². The molecule has 0 unspecified atom stereocenters. The summed E-state index contributed by atoms with van der Waals surface area (Å²) in [5, 5.41) is 11.6. The van der Waals surface area contributed by atoms with Gasteiger partial charge >= 0.3 is 0 Å². The van der Waals surface area contributed by atoms with E-state index in [0.29, 0.717) is 17.3 Å². The molecular formula is C22H19N5O2S. The first-order chi connectivity index (χ1) is 14.2. The summed E-state index contributed by atoms with van der Waals surface area (Å²) in [6, 6.07) is 17.8. The van der Waals surface area contributed by atoms with Gasteiger partial charge in [0.1, 0.15) is 11.6 Å². The maximum atomic E-state index is 12.0. The molecule has 0 saturated heterocycles. The normalized spacial score (nSPS) is 12.1. The first-order valence-electron chi connectivity index (χ1n) is 9.23. The lowest BCUT2D eigenvalue weighted by Gasteiger charge is -2.19. The summed E-state index contributed by atoms with van der Waals surface area (Å²) in [6.07, 6.45) is 4.09. The Bertz CT molecular complexity index is 1410. The maximum absolute atomic E-state index is 12.0. The van der Waals surface area contributed by atoms with Crippen LogP contribution in [-0.4, -0.2) is 34.2 Å². The van der Waals surface area contributed by atoms with Crippen LogP contribution in [0, 0.1) is 11.3 Å². The zero-order valence-electron chi connectivity index (χ0n) is 16.7. The molecule has 0 saturated carbocycles. The van der Waals surface area contributed by atoms with Crippen LogP contribution in [0.5, 0.6) is 0 Å². The van der Waals surface area contributed by atoms with Crippen molar-refractivity contribution in [2.75, 3.05) is 6.26 Å². The second-order valence-corrected chi connectivity index (χ2v) is 9.48. The number of nitriles is 1. The third-order valence-corrected chi connectivity index (χ3v) is 5.73. The van der Waals surface area contributed by atoms with Crippen molar-refractivity contribution in [1.29, 1.82) is 5.26 Å². The second kappa shape index (κ2) is 7.04. The Kier molecular flexibility index (Phi) is 4.63. The summed E-state index contributed by atoms with van der Waals surface area (Å²) >= 11 is 0. The quantitative estimate of drug-likeness (QED) is 0.469. The van der Waals surface area contributed by atoms with Crippen LogP contribution >= 0.6 is 0 Å². The van der Waals surface area contributed by atoms with Crippen molar-refractivity contribution in [2.45, 2.75) is 24.4 Å². The molecule has 150 valence electrons. The molecule has 30 heavy (non-hydrogen) atoms. The maximum Gasteiger partial charge on any atom is 0.248 e. The van der Waals surface area contributed by atoms with Crippen molar-refractivity contribution in [3.63, 3.8) is 0 Å². The molecule has 0 atom stereocenters. The summed E-state index contributed by atoms with van der Waals surface area (Å²) in [4.78, 5) is 12.7. The zero-order chi connectivity index (χ0) is 21.5. The molecule has 0 aliphatic rings. The molecule has 0 amide bonds. The van der Waals surface area contributed by atoms with Crippen LogP contribution in [0.2, 0.25) is 0 Å². The van der Waals surface area contributed by atoms with Crippen LogP contribution in [-0.2, 0) is 15.3 Å². The number of hydrogen-bond donors (Lipinski definition) is 0. The highest BCUT2D eigenvalue weighted by Crippen LogP contribution is 2.32. The lowest BCUT2D eigenvalue weighted by molar-refractivity contribution is 0.591. The van der Waals surface area contributed by atoms with Crippen LogP contribution in [0.15, 0.2) is 66.1 Å². The van der Waals surface area contributed by atoms with Crippen molar-refractivity contribution in [2.24, 2.45) is 0 Å². The van der Waals surface area contributed by atoms with Gasteiger partial charge in [0.25, 0.3) is 0 Å². The third-order valence-electron chi connectivity index (χ3n) is 4.87. The van der Waals surface area contributed by atoms with Gasteiger partial charge in [-0.05, 0) is 36.8 Å². The number of benzene rings is 2. The van der Waals surface area contributed by atoms with Gasteiger partial charge in [-0.1, -0.05) is 36.4 Å². The number of fused-ring (bicyclic) bond motifs is 1. The highest BCUT2D eigenvalue weighted by atomic mass is 32.2. The standard InChI is InChI=1S/C22H19N5O2S/c1-22(2,14-23)18-13-25-20(17-9-8-15-6-4-5-7-16(15)12-17)27(18)19-10-11-24-21(26-19)30(3,28)29/h4-13H,1-3H3. The second-order valence-electron chi connectivity index (χ2n) is 7.57. The van der Waals surface area contributed by atoms with Crippen molar-refractivity contribution in [1.82, 2.24) is 19.5 Å². The molecule has 0 fully saturated rings. The minimum absolute atomic E-state index is 0.279. The zero-order valence-corrected chi connectivity index (χ0v) is 17.6. The molecule has 2 aromatic carbocycles. The Morgan fingerprint density at radius 1 is 1.03 bits per heavy atom. The molecule has 0 spiro atoms. The Morgan fingerprint density at radius 3 is 2.47 bits per heavy atom. The Hall–Kier alpha value is -3.57. The molecule has 2 aromatic heterocycles. The molecular weight excluding hydrogens is 398 g/mol. The molecule has 0 radical (unpaired) electrons. The van der Waals surface area contributed by atoms with E-state index in [1.807, 2.05) is 42.5 Å². The van der Waals surface area contributed by atoms with Gasteiger partial charge in [0.05, 0.1) is 23.4 Å². The lowest BCUT2D eigenvalue weighted by atomic mass is 9.91. The van der Waals surface area contributed by atoms with E-state index in [9.17, 15) is 13.7 Å². The number of rotatable bonds is 4. The van der Waals surface area contributed by atoms with Gasteiger partial charge < -0.3 is 0 Å². The fraction of sp³-hybridized carbons (Fsp3) is 0.182. The van der Waals surface area contributed by atoms with Crippen LogP contribution in [0.3, 0.4) is 0 Å². The van der Waals surface area contributed by atoms with E-state index in [4.69, 9.17) is 0 Å². The van der Waals surface area contributed by atoms with Crippen molar-refractivity contribution >= 4 is 20.6 Å². The number of nitrogens with zero attached hydrogens (tertiary/aromatic N) is 5. The molecule has 0 bridgehead atoms. The van der Waals surface area contributed by atoms with Crippen LogP contribution < -0.4 is 0 Å². The Balaban J connectivity index is 2.00. The van der Waals surface area contributed by atoms with Gasteiger partial charge in [-0.15, -0.1) is 0 Å². The predicted molar refractivity (Wildman–Crippen MR) is 114 cm³/mol. The van der Waals surface area contributed by atoms with Crippen molar-refractivity contribution in [3.8, 4) is 23.3 Å². The molecule has 2 heterocycles. The van der Waals surface area contributed by atoms with Gasteiger partial charge in [-0.25, -0.2) is 23.4 Å². The summed E-state index contributed by atoms with van der Waals surface area (Å²) in [5.74, 6) is 0.904. The average Bonchev–Trinajstić information content (AvgIpc) is 3.19. The minimum atomic E-state index is -3.60. The monoisotopic (exact) mass is 417 g/mol.